The molecule has 2 aromatic carbocycles. The summed E-state index contributed by atoms with van der Waals surface area (Å²) in [5, 5.41) is 19.8. The monoisotopic (exact) mass is 341 g/mol. The highest BCUT2D eigenvalue weighted by atomic mass is 16.5. The van der Waals surface area contributed by atoms with E-state index in [-0.39, 0.29) is 25.4 Å². The Labute approximate surface area is 149 Å². The molecule has 1 aliphatic rings. The van der Waals surface area contributed by atoms with Gasteiger partial charge in [0.2, 0.25) is 0 Å². The Morgan fingerprint density at radius 1 is 1.00 bits per heavy atom. The smallest absolute Gasteiger partial charge is 0.108 e. The van der Waals surface area contributed by atoms with E-state index in [9.17, 15) is 10.2 Å². The third-order valence-electron chi connectivity index (χ3n) is 4.82. The predicted molar refractivity (Wildman–Crippen MR) is 98.4 cm³/mol. The van der Waals surface area contributed by atoms with Crippen LogP contribution in [0.4, 0.5) is 0 Å². The van der Waals surface area contributed by atoms with Gasteiger partial charge in [-0.15, -0.1) is 0 Å². The van der Waals surface area contributed by atoms with Crippen molar-refractivity contribution in [3.8, 4) is 0 Å². The first-order valence-electron chi connectivity index (χ1n) is 9.02. The normalized spacial score (nSPS) is 19.4. The van der Waals surface area contributed by atoms with Gasteiger partial charge in [0, 0.05) is 12.6 Å². The van der Waals surface area contributed by atoms with Crippen LogP contribution < -0.4 is 0 Å². The third kappa shape index (κ3) is 4.89. The Morgan fingerprint density at radius 3 is 2.16 bits per heavy atom. The Morgan fingerprint density at radius 2 is 1.60 bits per heavy atom. The maximum Gasteiger partial charge on any atom is 0.108 e. The number of rotatable bonds is 8. The van der Waals surface area contributed by atoms with Crippen molar-refractivity contribution >= 4 is 0 Å². The maximum atomic E-state index is 10.4. The minimum absolute atomic E-state index is 0.157. The SMILES string of the molecule is OCC1CCCN1CC(O)COC(c1ccccc1)c1ccccc1. The van der Waals surface area contributed by atoms with Crippen LogP contribution in [0.15, 0.2) is 60.7 Å². The van der Waals surface area contributed by atoms with E-state index in [4.69, 9.17) is 4.74 Å². The lowest BCUT2D eigenvalue weighted by atomic mass is 10.0. The van der Waals surface area contributed by atoms with Crippen LogP contribution in [0, 0.1) is 0 Å². The fraction of sp³-hybridized carbons (Fsp3) is 0.429. The van der Waals surface area contributed by atoms with Crippen molar-refractivity contribution in [2.75, 3.05) is 26.3 Å². The Hall–Kier alpha value is -1.72. The summed E-state index contributed by atoms with van der Waals surface area (Å²) in [7, 11) is 0. The standard InChI is InChI=1S/C21H27NO3/c23-15-19-12-7-13-22(19)14-20(24)16-25-21(17-8-3-1-4-9-17)18-10-5-2-6-11-18/h1-6,8-11,19-21,23-24H,7,12-16H2. The van der Waals surface area contributed by atoms with Crippen LogP contribution in [0.5, 0.6) is 0 Å². The van der Waals surface area contributed by atoms with Crippen LogP contribution in [-0.4, -0.2) is 53.6 Å². The summed E-state index contributed by atoms with van der Waals surface area (Å²) >= 11 is 0. The van der Waals surface area contributed by atoms with Gasteiger partial charge >= 0.3 is 0 Å². The second-order valence-corrected chi connectivity index (χ2v) is 6.66. The predicted octanol–water partition coefficient (Wildman–Crippen LogP) is 2.61. The molecule has 1 fully saturated rings. The van der Waals surface area contributed by atoms with E-state index in [2.05, 4.69) is 4.90 Å². The Balaban J connectivity index is 1.63. The lowest BCUT2D eigenvalue weighted by Gasteiger charge is -2.27. The van der Waals surface area contributed by atoms with Gasteiger partial charge in [-0.2, -0.15) is 0 Å². The van der Waals surface area contributed by atoms with Gasteiger partial charge in [0.25, 0.3) is 0 Å². The van der Waals surface area contributed by atoms with Gasteiger partial charge in [-0.1, -0.05) is 60.7 Å². The number of benzene rings is 2. The van der Waals surface area contributed by atoms with Gasteiger partial charge < -0.3 is 14.9 Å². The van der Waals surface area contributed by atoms with Crippen LogP contribution in [0.25, 0.3) is 0 Å². The van der Waals surface area contributed by atoms with Gasteiger partial charge in [-0.05, 0) is 30.5 Å². The first kappa shape index (κ1) is 18.1. The quantitative estimate of drug-likeness (QED) is 0.775. The van der Waals surface area contributed by atoms with E-state index in [1.54, 1.807) is 0 Å². The van der Waals surface area contributed by atoms with Crippen molar-refractivity contribution in [3.05, 3.63) is 71.8 Å². The zero-order valence-electron chi connectivity index (χ0n) is 14.5. The second kappa shape index (κ2) is 9.11. The number of aliphatic hydroxyl groups excluding tert-OH is 2. The number of β-amino-alcohol motifs (C(OH)–C–C–N with tert-alkyl or cyclic N) is 1. The number of likely N-dealkylation sites (tertiary alicyclic amines) is 1. The molecule has 3 rings (SSSR count). The molecule has 0 radical (unpaired) electrons. The fourth-order valence-electron chi connectivity index (χ4n) is 3.51. The molecular weight excluding hydrogens is 314 g/mol. The van der Waals surface area contributed by atoms with Crippen molar-refractivity contribution in [2.24, 2.45) is 0 Å². The lowest BCUT2D eigenvalue weighted by Crippen LogP contribution is -2.39. The summed E-state index contributed by atoms with van der Waals surface area (Å²) in [6.45, 7) is 1.90. The van der Waals surface area contributed by atoms with Gasteiger partial charge in [0.15, 0.2) is 0 Å². The molecule has 134 valence electrons. The van der Waals surface area contributed by atoms with Crippen LogP contribution >= 0.6 is 0 Å². The molecule has 0 aliphatic carbocycles. The van der Waals surface area contributed by atoms with E-state index in [0.717, 1.165) is 30.5 Å². The van der Waals surface area contributed by atoms with Crippen LogP contribution in [0.2, 0.25) is 0 Å². The molecule has 2 atom stereocenters. The second-order valence-electron chi connectivity index (χ2n) is 6.66. The van der Waals surface area contributed by atoms with Crippen molar-refractivity contribution in [1.82, 2.24) is 4.90 Å². The molecule has 0 aromatic heterocycles. The Bertz CT molecular complexity index is 580. The number of hydrogen-bond acceptors (Lipinski definition) is 4. The molecule has 0 spiro atoms. The van der Waals surface area contributed by atoms with Crippen molar-refractivity contribution in [2.45, 2.75) is 31.1 Å². The maximum absolute atomic E-state index is 10.4. The van der Waals surface area contributed by atoms with Gasteiger partial charge in [0.05, 0.1) is 19.3 Å². The number of hydrogen-bond donors (Lipinski definition) is 2. The molecule has 4 nitrogen and oxygen atoms in total. The average Bonchev–Trinajstić information content (AvgIpc) is 3.11. The molecule has 0 amide bonds. The minimum Gasteiger partial charge on any atom is -0.395 e. The molecule has 2 N–H and O–H groups in total. The summed E-state index contributed by atoms with van der Waals surface area (Å²) in [4.78, 5) is 2.16. The highest BCUT2D eigenvalue weighted by molar-refractivity contribution is 5.29. The van der Waals surface area contributed by atoms with Crippen LogP contribution in [-0.2, 0) is 4.74 Å². The summed E-state index contributed by atoms with van der Waals surface area (Å²) in [5.41, 5.74) is 2.16. The molecule has 0 saturated carbocycles. The third-order valence-corrected chi connectivity index (χ3v) is 4.82. The van der Waals surface area contributed by atoms with Gasteiger partial charge in [-0.3, -0.25) is 4.90 Å². The molecule has 0 bridgehead atoms. The number of ether oxygens (including phenoxy) is 1. The van der Waals surface area contributed by atoms with E-state index in [0.29, 0.717) is 6.54 Å². The largest absolute Gasteiger partial charge is 0.395 e. The van der Waals surface area contributed by atoms with Gasteiger partial charge in [-0.25, -0.2) is 0 Å². The van der Waals surface area contributed by atoms with Crippen LogP contribution in [0.1, 0.15) is 30.1 Å². The summed E-state index contributed by atoms with van der Waals surface area (Å²) in [5.74, 6) is 0. The summed E-state index contributed by atoms with van der Waals surface area (Å²) in [6.07, 6.45) is 1.32. The molecule has 2 unspecified atom stereocenters. The number of nitrogens with zero attached hydrogens (tertiary/aromatic N) is 1. The molecule has 1 heterocycles. The molecule has 25 heavy (non-hydrogen) atoms. The molecule has 1 aliphatic heterocycles. The summed E-state index contributed by atoms with van der Waals surface area (Å²) < 4.78 is 6.12. The average molecular weight is 341 g/mol. The van der Waals surface area contributed by atoms with E-state index >= 15 is 0 Å². The highest BCUT2D eigenvalue weighted by Crippen LogP contribution is 2.26. The molecule has 4 heteroatoms. The van der Waals surface area contributed by atoms with E-state index in [1.165, 1.54) is 0 Å². The topological polar surface area (TPSA) is 52.9 Å². The number of aliphatic hydroxyl groups is 2. The zero-order valence-corrected chi connectivity index (χ0v) is 14.5. The molecule has 2 aromatic rings. The lowest BCUT2D eigenvalue weighted by molar-refractivity contribution is -0.0126. The Kier molecular flexibility index (Phi) is 6.59. The first-order chi connectivity index (χ1) is 12.3. The van der Waals surface area contributed by atoms with Gasteiger partial charge in [0.1, 0.15) is 6.10 Å². The van der Waals surface area contributed by atoms with Crippen molar-refractivity contribution < 1.29 is 14.9 Å². The zero-order chi connectivity index (χ0) is 17.5. The van der Waals surface area contributed by atoms with Crippen LogP contribution in [0.3, 0.4) is 0 Å². The highest BCUT2D eigenvalue weighted by Gasteiger charge is 2.26. The summed E-state index contributed by atoms with van der Waals surface area (Å²) in [6, 6.07) is 20.3. The minimum atomic E-state index is -0.568. The first-order valence-corrected chi connectivity index (χ1v) is 9.02. The van der Waals surface area contributed by atoms with Crippen molar-refractivity contribution in [3.63, 3.8) is 0 Å². The van der Waals surface area contributed by atoms with E-state index in [1.807, 2.05) is 60.7 Å². The molecule has 1 saturated heterocycles. The van der Waals surface area contributed by atoms with E-state index < -0.39 is 6.10 Å². The molecular formula is C21H27NO3. The fourth-order valence-corrected chi connectivity index (χ4v) is 3.51. The van der Waals surface area contributed by atoms with Crippen molar-refractivity contribution in [1.29, 1.82) is 0 Å².